The Morgan fingerprint density at radius 3 is 2.55 bits per heavy atom. The van der Waals surface area contributed by atoms with E-state index >= 15 is 0 Å². The molecule has 0 unspecified atom stereocenters. The number of aromatic hydroxyl groups is 1. The second kappa shape index (κ2) is 4.61. The topological polar surface area (TPSA) is 92.9 Å². The van der Waals surface area contributed by atoms with Gasteiger partial charge >= 0.3 is 0 Å². The van der Waals surface area contributed by atoms with Crippen LogP contribution in [0.1, 0.15) is 10.5 Å². The number of aryl methyl sites for hydroxylation is 1. The SMILES string of the molecule is Cn1nccc1NC(=O)c1nc2ccccc2nc1O. The first-order valence-electron chi connectivity index (χ1n) is 5.90. The number of fused-ring (bicyclic) bond motifs is 1. The quantitative estimate of drug-likeness (QED) is 0.732. The van der Waals surface area contributed by atoms with Gasteiger partial charge in [-0.25, -0.2) is 9.97 Å². The largest absolute Gasteiger partial charge is 0.492 e. The summed E-state index contributed by atoms with van der Waals surface area (Å²) in [6.07, 6.45) is 1.56. The van der Waals surface area contributed by atoms with Gasteiger partial charge in [-0.05, 0) is 12.1 Å². The average molecular weight is 269 g/mol. The van der Waals surface area contributed by atoms with Gasteiger partial charge in [-0.1, -0.05) is 12.1 Å². The zero-order valence-corrected chi connectivity index (χ0v) is 10.6. The van der Waals surface area contributed by atoms with Crippen LogP contribution in [0.4, 0.5) is 5.82 Å². The van der Waals surface area contributed by atoms with Crippen LogP contribution in [-0.4, -0.2) is 30.8 Å². The van der Waals surface area contributed by atoms with Crippen LogP contribution in [0.25, 0.3) is 11.0 Å². The number of hydrogen-bond donors (Lipinski definition) is 2. The molecule has 2 heterocycles. The fraction of sp³-hybridized carbons (Fsp3) is 0.0769. The summed E-state index contributed by atoms with van der Waals surface area (Å²) in [5.41, 5.74) is 0.951. The van der Waals surface area contributed by atoms with Gasteiger partial charge in [0.25, 0.3) is 5.91 Å². The highest BCUT2D eigenvalue weighted by Crippen LogP contribution is 2.18. The molecule has 0 spiro atoms. The molecule has 1 amide bonds. The minimum absolute atomic E-state index is 0.120. The van der Waals surface area contributed by atoms with E-state index in [4.69, 9.17) is 0 Å². The van der Waals surface area contributed by atoms with Gasteiger partial charge < -0.3 is 10.4 Å². The van der Waals surface area contributed by atoms with Crippen molar-refractivity contribution in [2.24, 2.45) is 7.05 Å². The van der Waals surface area contributed by atoms with E-state index in [-0.39, 0.29) is 5.69 Å². The summed E-state index contributed by atoms with van der Waals surface area (Å²) in [6.45, 7) is 0. The average Bonchev–Trinajstić information content (AvgIpc) is 2.83. The second-order valence-electron chi connectivity index (χ2n) is 4.18. The Balaban J connectivity index is 1.99. The zero-order chi connectivity index (χ0) is 14.1. The normalized spacial score (nSPS) is 10.7. The summed E-state index contributed by atoms with van der Waals surface area (Å²) in [5.74, 6) is -0.433. The molecular formula is C13H11N5O2. The molecule has 3 rings (SSSR count). The van der Waals surface area contributed by atoms with Crippen LogP contribution in [0.2, 0.25) is 0 Å². The summed E-state index contributed by atoms with van der Waals surface area (Å²) in [5, 5.41) is 16.4. The summed E-state index contributed by atoms with van der Waals surface area (Å²) in [6, 6.07) is 8.65. The maximum atomic E-state index is 12.1. The van der Waals surface area contributed by atoms with Gasteiger partial charge in [-0.3, -0.25) is 9.48 Å². The first kappa shape index (κ1) is 12.1. The third-order valence-electron chi connectivity index (χ3n) is 2.83. The Bertz CT molecular complexity index is 796. The maximum Gasteiger partial charge on any atom is 0.281 e. The monoisotopic (exact) mass is 269 g/mol. The third kappa shape index (κ3) is 2.05. The van der Waals surface area contributed by atoms with Crippen molar-refractivity contribution >= 4 is 22.8 Å². The Morgan fingerprint density at radius 1 is 1.20 bits per heavy atom. The maximum absolute atomic E-state index is 12.1. The summed E-state index contributed by atoms with van der Waals surface area (Å²) < 4.78 is 1.50. The minimum Gasteiger partial charge on any atom is -0.492 e. The molecule has 3 aromatic rings. The number of hydrogen-bond acceptors (Lipinski definition) is 5. The van der Waals surface area contributed by atoms with Crippen LogP contribution in [0, 0.1) is 0 Å². The van der Waals surface area contributed by atoms with E-state index in [1.807, 2.05) is 0 Å². The number of rotatable bonds is 2. The van der Waals surface area contributed by atoms with Gasteiger partial charge in [-0.2, -0.15) is 5.10 Å². The van der Waals surface area contributed by atoms with Crippen molar-refractivity contribution in [3.8, 4) is 5.88 Å². The number of aromatic nitrogens is 4. The number of para-hydroxylation sites is 2. The van der Waals surface area contributed by atoms with Crippen LogP contribution >= 0.6 is 0 Å². The molecule has 7 heteroatoms. The fourth-order valence-electron chi connectivity index (χ4n) is 1.82. The molecule has 100 valence electrons. The number of carbonyl (C=O) groups excluding carboxylic acids is 1. The Morgan fingerprint density at radius 2 is 1.90 bits per heavy atom. The molecular weight excluding hydrogens is 258 g/mol. The lowest BCUT2D eigenvalue weighted by Gasteiger charge is -2.06. The lowest BCUT2D eigenvalue weighted by molar-refractivity contribution is 0.101. The molecule has 0 radical (unpaired) electrons. The van der Waals surface area contributed by atoms with Gasteiger partial charge in [0.1, 0.15) is 5.82 Å². The van der Waals surface area contributed by atoms with E-state index in [0.717, 1.165) is 0 Å². The van der Waals surface area contributed by atoms with Crippen LogP contribution in [0.3, 0.4) is 0 Å². The van der Waals surface area contributed by atoms with Gasteiger partial charge in [0, 0.05) is 13.1 Å². The van der Waals surface area contributed by atoms with Crippen LogP contribution < -0.4 is 5.32 Å². The molecule has 0 atom stereocenters. The molecule has 2 N–H and O–H groups in total. The highest BCUT2D eigenvalue weighted by atomic mass is 16.3. The lowest BCUT2D eigenvalue weighted by atomic mass is 10.3. The molecule has 2 aromatic heterocycles. The Labute approximate surface area is 113 Å². The van der Waals surface area contributed by atoms with Gasteiger partial charge in [0.2, 0.25) is 5.88 Å². The number of nitrogens with zero attached hydrogens (tertiary/aromatic N) is 4. The van der Waals surface area contributed by atoms with Crippen LogP contribution in [0.15, 0.2) is 36.5 Å². The number of benzene rings is 1. The number of anilines is 1. The standard InChI is InChI=1S/C13H11N5O2/c1-18-10(6-7-14-18)17-13(20)11-12(19)16-9-5-3-2-4-8(9)15-11/h2-7H,1H3,(H,16,19)(H,17,20). The van der Waals surface area contributed by atoms with Crippen molar-refractivity contribution in [3.63, 3.8) is 0 Å². The van der Waals surface area contributed by atoms with Crippen molar-refractivity contribution in [3.05, 3.63) is 42.2 Å². The highest BCUT2D eigenvalue weighted by Gasteiger charge is 2.17. The first-order valence-corrected chi connectivity index (χ1v) is 5.90. The van der Waals surface area contributed by atoms with Crippen molar-refractivity contribution in [2.75, 3.05) is 5.32 Å². The smallest absolute Gasteiger partial charge is 0.281 e. The van der Waals surface area contributed by atoms with Crippen molar-refractivity contribution in [1.29, 1.82) is 0 Å². The Kier molecular flexibility index (Phi) is 2.79. The molecule has 0 aliphatic rings. The molecule has 0 aliphatic carbocycles. The van der Waals surface area contributed by atoms with E-state index < -0.39 is 11.8 Å². The highest BCUT2D eigenvalue weighted by molar-refractivity contribution is 6.04. The summed E-state index contributed by atoms with van der Waals surface area (Å²) in [4.78, 5) is 20.2. The summed E-state index contributed by atoms with van der Waals surface area (Å²) in [7, 11) is 1.70. The third-order valence-corrected chi connectivity index (χ3v) is 2.83. The van der Waals surface area contributed by atoms with Crippen molar-refractivity contribution < 1.29 is 9.90 Å². The van der Waals surface area contributed by atoms with Gasteiger partial charge in [-0.15, -0.1) is 0 Å². The van der Waals surface area contributed by atoms with Gasteiger partial charge in [0.15, 0.2) is 5.69 Å². The van der Waals surface area contributed by atoms with E-state index in [1.54, 1.807) is 43.6 Å². The van der Waals surface area contributed by atoms with Crippen LogP contribution in [0.5, 0.6) is 5.88 Å². The molecule has 7 nitrogen and oxygen atoms in total. The van der Waals surface area contributed by atoms with E-state index in [0.29, 0.717) is 16.9 Å². The predicted octanol–water partition coefficient (Wildman–Crippen LogP) is 1.32. The molecule has 1 aromatic carbocycles. The van der Waals surface area contributed by atoms with E-state index in [2.05, 4.69) is 20.4 Å². The lowest BCUT2D eigenvalue weighted by Crippen LogP contribution is -2.16. The molecule has 0 fully saturated rings. The van der Waals surface area contributed by atoms with E-state index in [9.17, 15) is 9.90 Å². The van der Waals surface area contributed by atoms with Crippen LogP contribution in [-0.2, 0) is 7.05 Å². The minimum atomic E-state index is -0.538. The molecule has 0 aliphatic heterocycles. The fourth-order valence-corrected chi connectivity index (χ4v) is 1.82. The second-order valence-corrected chi connectivity index (χ2v) is 4.18. The number of nitrogens with one attached hydrogen (secondary N) is 1. The molecule has 0 saturated carbocycles. The molecule has 0 bridgehead atoms. The molecule has 0 saturated heterocycles. The van der Waals surface area contributed by atoms with Crippen molar-refractivity contribution in [1.82, 2.24) is 19.7 Å². The summed E-state index contributed by atoms with van der Waals surface area (Å²) >= 11 is 0. The number of carbonyl (C=O) groups is 1. The Hall–Kier alpha value is -2.96. The molecule has 20 heavy (non-hydrogen) atoms. The zero-order valence-electron chi connectivity index (χ0n) is 10.6. The van der Waals surface area contributed by atoms with E-state index in [1.165, 1.54) is 4.68 Å². The van der Waals surface area contributed by atoms with Gasteiger partial charge in [0.05, 0.1) is 17.2 Å². The van der Waals surface area contributed by atoms with Crippen molar-refractivity contribution in [2.45, 2.75) is 0 Å². The number of amides is 1. The first-order chi connectivity index (χ1) is 9.65. The predicted molar refractivity (Wildman–Crippen MR) is 72.4 cm³/mol.